The van der Waals surface area contributed by atoms with Crippen molar-refractivity contribution in [1.29, 1.82) is 0 Å². The van der Waals surface area contributed by atoms with Gasteiger partial charge in [-0.25, -0.2) is 0 Å². The Hall–Kier alpha value is -2.32. The Kier molecular flexibility index (Phi) is 5.06. The lowest BCUT2D eigenvalue weighted by molar-refractivity contribution is -0.165. The predicted octanol–water partition coefficient (Wildman–Crippen LogP) is 5.63. The van der Waals surface area contributed by atoms with Crippen LogP contribution in [0.2, 0.25) is 5.02 Å². The number of benzene rings is 2. The van der Waals surface area contributed by atoms with Crippen molar-refractivity contribution in [3.8, 4) is 17.6 Å². The molecule has 1 unspecified atom stereocenters. The molecule has 2 aromatic carbocycles. The molecule has 0 aromatic heterocycles. The van der Waals surface area contributed by atoms with Crippen LogP contribution in [0.1, 0.15) is 18.4 Å². The zero-order valence-electron chi connectivity index (χ0n) is 14.0. The molecule has 1 saturated carbocycles. The first-order valence-corrected chi connectivity index (χ1v) is 8.49. The van der Waals surface area contributed by atoms with Crippen LogP contribution in [0.3, 0.4) is 0 Å². The van der Waals surface area contributed by atoms with Gasteiger partial charge < -0.3 is 10.1 Å². The number of hydrogen-bond donors (Lipinski definition) is 1. The van der Waals surface area contributed by atoms with E-state index in [9.17, 15) is 13.2 Å². The molecule has 26 heavy (non-hydrogen) atoms. The van der Waals surface area contributed by atoms with E-state index in [1.54, 1.807) is 12.1 Å². The lowest BCUT2D eigenvalue weighted by atomic mass is 9.88. The Morgan fingerprint density at radius 3 is 2.35 bits per heavy atom. The standard InChI is InChI=1S/C20H17ClF3NO/c1-26-18-9-7-17(8-10-18)25-19(20(22,23)24,12-11-14-5-6-14)15-3-2-4-16(21)13-15/h2-4,7-10,13-14,25H,5-6H2,1H3. The topological polar surface area (TPSA) is 21.3 Å². The summed E-state index contributed by atoms with van der Waals surface area (Å²) in [5, 5.41) is 2.82. The van der Waals surface area contributed by atoms with Gasteiger partial charge in [-0.15, -0.1) is 0 Å². The fraction of sp³-hybridized carbons (Fsp3) is 0.300. The molecule has 2 nitrogen and oxygen atoms in total. The van der Waals surface area contributed by atoms with Crippen LogP contribution in [-0.2, 0) is 5.54 Å². The summed E-state index contributed by atoms with van der Waals surface area (Å²) in [5.74, 6) is 5.82. The zero-order valence-corrected chi connectivity index (χ0v) is 14.8. The second-order valence-corrected chi connectivity index (χ2v) is 6.59. The lowest BCUT2D eigenvalue weighted by Crippen LogP contribution is -2.48. The van der Waals surface area contributed by atoms with E-state index in [4.69, 9.17) is 16.3 Å². The highest BCUT2D eigenvalue weighted by atomic mass is 35.5. The summed E-state index contributed by atoms with van der Waals surface area (Å²) < 4.78 is 47.8. The average molecular weight is 380 g/mol. The number of hydrogen-bond acceptors (Lipinski definition) is 2. The fourth-order valence-electron chi connectivity index (χ4n) is 2.53. The highest BCUT2D eigenvalue weighted by Gasteiger charge is 2.56. The van der Waals surface area contributed by atoms with Crippen LogP contribution in [0, 0.1) is 17.8 Å². The Balaban J connectivity index is 2.10. The molecule has 1 fully saturated rings. The predicted molar refractivity (Wildman–Crippen MR) is 96.3 cm³/mol. The largest absolute Gasteiger partial charge is 0.497 e. The second kappa shape index (κ2) is 7.13. The van der Waals surface area contributed by atoms with E-state index in [-0.39, 0.29) is 22.2 Å². The summed E-state index contributed by atoms with van der Waals surface area (Å²) in [6, 6.07) is 12.0. The number of alkyl halides is 3. The average Bonchev–Trinajstić information content (AvgIpc) is 3.42. The van der Waals surface area contributed by atoms with Crippen molar-refractivity contribution in [3.63, 3.8) is 0 Å². The number of halogens is 4. The van der Waals surface area contributed by atoms with Gasteiger partial charge in [0.15, 0.2) is 0 Å². The van der Waals surface area contributed by atoms with Crippen molar-refractivity contribution in [2.75, 3.05) is 12.4 Å². The van der Waals surface area contributed by atoms with Gasteiger partial charge in [-0.1, -0.05) is 35.6 Å². The molecule has 136 valence electrons. The molecule has 1 aliphatic rings. The van der Waals surface area contributed by atoms with E-state index in [0.717, 1.165) is 12.8 Å². The van der Waals surface area contributed by atoms with Gasteiger partial charge in [0.25, 0.3) is 0 Å². The quantitative estimate of drug-likeness (QED) is 0.695. The van der Waals surface area contributed by atoms with E-state index < -0.39 is 11.7 Å². The number of rotatable bonds is 4. The molecule has 6 heteroatoms. The minimum Gasteiger partial charge on any atom is -0.497 e. The zero-order chi connectivity index (χ0) is 18.8. The molecule has 0 spiro atoms. The van der Waals surface area contributed by atoms with Gasteiger partial charge in [0, 0.05) is 22.2 Å². The van der Waals surface area contributed by atoms with E-state index in [2.05, 4.69) is 17.2 Å². The Morgan fingerprint density at radius 2 is 1.81 bits per heavy atom. The summed E-state index contributed by atoms with van der Waals surface area (Å²) in [6.45, 7) is 0. The number of ether oxygens (including phenoxy) is 1. The summed E-state index contributed by atoms with van der Waals surface area (Å²) in [7, 11) is 1.50. The minimum absolute atomic E-state index is 0.0218. The first-order valence-electron chi connectivity index (χ1n) is 8.12. The van der Waals surface area contributed by atoms with Gasteiger partial charge in [-0.2, -0.15) is 13.2 Å². The molecule has 3 rings (SSSR count). The number of methoxy groups -OCH3 is 1. The van der Waals surface area contributed by atoms with Crippen LogP contribution in [-0.4, -0.2) is 13.3 Å². The second-order valence-electron chi connectivity index (χ2n) is 6.16. The SMILES string of the molecule is COc1ccc(NC(C#CC2CC2)(c2cccc(Cl)c2)C(F)(F)F)cc1. The van der Waals surface area contributed by atoms with Crippen molar-refractivity contribution < 1.29 is 17.9 Å². The molecule has 1 N–H and O–H groups in total. The van der Waals surface area contributed by atoms with Gasteiger partial charge in [0.2, 0.25) is 5.54 Å². The smallest absolute Gasteiger partial charge is 0.427 e. The van der Waals surface area contributed by atoms with Gasteiger partial charge in [0.05, 0.1) is 7.11 Å². The van der Waals surface area contributed by atoms with Crippen LogP contribution in [0.25, 0.3) is 0 Å². The monoisotopic (exact) mass is 379 g/mol. The van der Waals surface area contributed by atoms with E-state index in [0.29, 0.717) is 5.75 Å². The maximum Gasteiger partial charge on any atom is 0.427 e. The first-order chi connectivity index (χ1) is 12.3. The molecule has 0 bridgehead atoms. The van der Waals surface area contributed by atoms with Gasteiger partial charge in [-0.3, -0.25) is 0 Å². The molecular weight excluding hydrogens is 363 g/mol. The van der Waals surface area contributed by atoms with E-state index >= 15 is 0 Å². The van der Waals surface area contributed by atoms with Gasteiger partial charge in [0.1, 0.15) is 5.75 Å². The third kappa shape index (κ3) is 3.91. The van der Waals surface area contributed by atoms with Crippen LogP contribution in [0.4, 0.5) is 18.9 Å². The molecule has 1 atom stereocenters. The first kappa shape index (κ1) is 18.5. The lowest BCUT2D eigenvalue weighted by Gasteiger charge is -2.33. The van der Waals surface area contributed by atoms with Crippen LogP contribution in [0.5, 0.6) is 5.75 Å². The molecular formula is C20H17ClF3NO. The molecule has 1 aliphatic carbocycles. The molecule has 0 saturated heterocycles. The Bertz CT molecular complexity index is 835. The molecule has 0 amide bonds. The minimum atomic E-state index is -4.65. The summed E-state index contributed by atoms with van der Waals surface area (Å²) in [4.78, 5) is 0. The maximum absolute atomic E-state index is 14.3. The third-order valence-electron chi connectivity index (χ3n) is 4.15. The van der Waals surface area contributed by atoms with Gasteiger partial charge >= 0.3 is 6.18 Å². The van der Waals surface area contributed by atoms with Crippen molar-refractivity contribution in [1.82, 2.24) is 0 Å². The van der Waals surface area contributed by atoms with Crippen molar-refractivity contribution in [2.45, 2.75) is 24.6 Å². The Labute approximate surface area is 155 Å². The van der Waals surface area contributed by atoms with Crippen molar-refractivity contribution >= 4 is 17.3 Å². The normalized spacial score (nSPS) is 16.2. The summed E-state index contributed by atoms with van der Waals surface area (Å²) >= 11 is 5.96. The fourth-order valence-corrected chi connectivity index (χ4v) is 2.72. The molecule has 2 aromatic rings. The molecule has 0 radical (unpaired) electrons. The van der Waals surface area contributed by atoms with Crippen LogP contribution >= 0.6 is 11.6 Å². The summed E-state index contributed by atoms with van der Waals surface area (Å²) in [5.41, 5.74) is -2.30. The van der Waals surface area contributed by atoms with Gasteiger partial charge in [-0.05, 0) is 49.2 Å². The molecule has 0 aliphatic heterocycles. The van der Waals surface area contributed by atoms with Crippen molar-refractivity contribution in [3.05, 3.63) is 59.1 Å². The molecule has 0 heterocycles. The summed E-state index contributed by atoms with van der Waals surface area (Å²) in [6.07, 6.45) is -2.99. The van der Waals surface area contributed by atoms with E-state index in [1.165, 1.54) is 43.5 Å². The van der Waals surface area contributed by atoms with E-state index in [1.807, 2.05) is 0 Å². The Morgan fingerprint density at radius 1 is 1.12 bits per heavy atom. The van der Waals surface area contributed by atoms with Crippen molar-refractivity contribution in [2.24, 2.45) is 5.92 Å². The highest BCUT2D eigenvalue weighted by Crippen LogP contribution is 2.43. The number of anilines is 1. The van der Waals surface area contributed by atoms with Crippen LogP contribution in [0.15, 0.2) is 48.5 Å². The number of nitrogens with one attached hydrogen (secondary N) is 1. The maximum atomic E-state index is 14.3. The third-order valence-corrected chi connectivity index (χ3v) is 4.38. The highest BCUT2D eigenvalue weighted by molar-refractivity contribution is 6.30. The van der Waals surface area contributed by atoms with Crippen LogP contribution < -0.4 is 10.1 Å².